The number of carbonyl (C=O) groups excluding carboxylic acids is 2. The number of halogens is 3. The van der Waals surface area contributed by atoms with Gasteiger partial charge < -0.3 is 10.2 Å². The average Bonchev–Trinajstić information content (AvgIpc) is 2.40. The predicted octanol–water partition coefficient (Wildman–Crippen LogP) is 1.84. The molecule has 1 atom stereocenters. The van der Waals surface area contributed by atoms with Crippen molar-refractivity contribution in [3.05, 3.63) is 29.3 Å². The van der Waals surface area contributed by atoms with E-state index in [9.17, 15) is 22.8 Å². The highest BCUT2D eigenvalue weighted by molar-refractivity contribution is 5.86. The molecule has 1 aromatic rings. The van der Waals surface area contributed by atoms with Crippen LogP contribution in [0.1, 0.15) is 22.8 Å². The van der Waals surface area contributed by atoms with Gasteiger partial charge in [0.05, 0.1) is 5.56 Å². The molecule has 1 amide bonds. The lowest BCUT2D eigenvalue weighted by molar-refractivity contribution is -0.137. The summed E-state index contributed by atoms with van der Waals surface area (Å²) >= 11 is 0. The second kappa shape index (κ2) is 5.15. The minimum absolute atomic E-state index is 0.180. The Hall–Kier alpha value is -2.05. The third kappa shape index (κ3) is 2.61. The first kappa shape index (κ1) is 14.4. The fourth-order valence-corrected chi connectivity index (χ4v) is 2.21. The molecular formula is C13H13F3N2O2. The minimum Gasteiger partial charge on any atom is -0.358 e. The average molecular weight is 286 g/mol. The number of nitrogens with zero attached hydrogens (tertiary/aromatic N) is 1. The van der Waals surface area contributed by atoms with Crippen LogP contribution in [-0.2, 0) is 11.0 Å². The van der Waals surface area contributed by atoms with Crippen molar-refractivity contribution in [1.82, 2.24) is 5.32 Å². The first-order chi connectivity index (χ1) is 9.34. The smallest absolute Gasteiger partial charge is 0.358 e. The quantitative estimate of drug-likeness (QED) is 0.844. The van der Waals surface area contributed by atoms with Gasteiger partial charge in [-0.25, -0.2) is 0 Å². The number of amides is 1. The van der Waals surface area contributed by atoms with Crippen molar-refractivity contribution >= 4 is 17.9 Å². The van der Waals surface area contributed by atoms with Gasteiger partial charge in [0.1, 0.15) is 6.04 Å². The first-order valence-electron chi connectivity index (χ1n) is 6.05. The molecule has 0 saturated carbocycles. The van der Waals surface area contributed by atoms with Crippen LogP contribution in [0.2, 0.25) is 0 Å². The van der Waals surface area contributed by atoms with Crippen LogP contribution in [0.15, 0.2) is 18.2 Å². The van der Waals surface area contributed by atoms with Crippen LogP contribution >= 0.6 is 0 Å². The number of benzene rings is 1. The predicted molar refractivity (Wildman–Crippen MR) is 66.6 cm³/mol. The molecule has 1 unspecified atom stereocenters. The number of anilines is 1. The van der Waals surface area contributed by atoms with Gasteiger partial charge in [0.25, 0.3) is 0 Å². The van der Waals surface area contributed by atoms with Gasteiger partial charge in [-0.05, 0) is 25.1 Å². The van der Waals surface area contributed by atoms with E-state index in [4.69, 9.17) is 0 Å². The summed E-state index contributed by atoms with van der Waals surface area (Å²) in [6.45, 7) is 2.42. The molecule has 1 fully saturated rings. The number of rotatable bonds is 2. The van der Waals surface area contributed by atoms with Crippen molar-refractivity contribution in [3.63, 3.8) is 0 Å². The van der Waals surface area contributed by atoms with Gasteiger partial charge in [0, 0.05) is 24.3 Å². The maximum atomic E-state index is 12.9. The molecule has 1 saturated heterocycles. The van der Waals surface area contributed by atoms with Gasteiger partial charge in [0.15, 0.2) is 6.29 Å². The molecule has 2 rings (SSSR count). The Morgan fingerprint density at radius 3 is 2.70 bits per heavy atom. The Bertz CT molecular complexity index is 543. The van der Waals surface area contributed by atoms with E-state index in [1.165, 1.54) is 6.07 Å². The number of piperazine rings is 1. The Balaban J connectivity index is 2.43. The van der Waals surface area contributed by atoms with Crippen LogP contribution < -0.4 is 10.2 Å². The maximum Gasteiger partial charge on any atom is 0.417 e. The fourth-order valence-electron chi connectivity index (χ4n) is 2.21. The highest BCUT2D eigenvalue weighted by Crippen LogP contribution is 2.34. The van der Waals surface area contributed by atoms with Crippen LogP contribution in [0.3, 0.4) is 0 Å². The molecule has 0 radical (unpaired) electrons. The van der Waals surface area contributed by atoms with Crippen molar-refractivity contribution in [1.29, 1.82) is 0 Å². The summed E-state index contributed by atoms with van der Waals surface area (Å²) in [5, 5.41) is 2.64. The molecule has 1 heterocycles. The van der Waals surface area contributed by atoms with E-state index >= 15 is 0 Å². The van der Waals surface area contributed by atoms with Gasteiger partial charge in [-0.3, -0.25) is 9.59 Å². The van der Waals surface area contributed by atoms with Gasteiger partial charge in [-0.15, -0.1) is 0 Å². The Kier molecular flexibility index (Phi) is 3.69. The third-order valence-electron chi connectivity index (χ3n) is 3.30. The van der Waals surface area contributed by atoms with Crippen molar-refractivity contribution in [2.24, 2.45) is 0 Å². The number of alkyl halides is 3. The van der Waals surface area contributed by atoms with Gasteiger partial charge in [0.2, 0.25) is 5.91 Å². The summed E-state index contributed by atoms with van der Waals surface area (Å²) in [5.74, 6) is -0.232. The minimum atomic E-state index is -4.60. The molecule has 1 aliphatic heterocycles. The maximum absolute atomic E-state index is 12.9. The van der Waals surface area contributed by atoms with E-state index in [0.717, 1.165) is 12.1 Å². The molecular weight excluding hydrogens is 273 g/mol. The van der Waals surface area contributed by atoms with Crippen LogP contribution in [0.25, 0.3) is 0 Å². The zero-order chi connectivity index (χ0) is 14.9. The summed E-state index contributed by atoms with van der Waals surface area (Å²) in [6, 6.07) is 2.92. The van der Waals surface area contributed by atoms with Crippen molar-refractivity contribution < 1.29 is 22.8 Å². The van der Waals surface area contributed by atoms with Gasteiger partial charge >= 0.3 is 6.18 Å². The summed E-state index contributed by atoms with van der Waals surface area (Å²) in [4.78, 5) is 23.8. The second-order valence-corrected chi connectivity index (χ2v) is 4.55. The number of hydrogen-bond donors (Lipinski definition) is 1. The Morgan fingerprint density at radius 2 is 2.10 bits per heavy atom. The summed E-state index contributed by atoms with van der Waals surface area (Å²) < 4.78 is 38.7. The van der Waals surface area contributed by atoms with Crippen molar-refractivity contribution in [2.75, 3.05) is 18.0 Å². The summed E-state index contributed by atoms with van der Waals surface area (Å²) in [7, 11) is 0. The monoisotopic (exact) mass is 286 g/mol. The molecule has 108 valence electrons. The molecule has 20 heavy (non-hydrogen) atoms. The number of hydrogen-bond acceptors (Lipinski definition) is 3. The molecule has 7 heteroatoms. The van der Waals surface area contributed by atoms with Crippen LogP contribution in [0, 0.1) is 0 Å². The van der Waals surface area contributed by atoms with Crippen LogP contribution in [-0.4, -0.2) is 31.3 Å². The largest absolute Gasteiger partial charge is 0.417 e. The molecule has 0 aliphatic carbocycles. The number of carbonyl (C=O) groups is 2. The van der Waals surface area contributed by atoms with Crippen molar-refractivity contribution in [2.45, 2.75) is 19.1 Å². The van der Waals surface area contributed by atoms with Crippen LogP contribution in [0.5, 0.6) is 0 Å². The summed E-state index contributed by atoms with van der Waals surface area (Å²) in [5.41, 5.74) is -1.11. The van der Waals surface area contributed by atoms with Crippen LogP contribution in [0.4, 0.5) is 18.9 Å². The zero-order valence-corrected chi connectivity index (χ0v) is 10.7. The van der Waals surface area contributed by atoms with Gasteiger partial charge in [-0.2, -0.15) is 13.2 Å². The number of aldehydes is 1. The molecule has 1 aromatic carbocycles. The standard InChI is InChI=1S/C13H13F3N2O2/c1-8-12(20)17-4-5-18(8)10-3-2-9(7-19)11(6-10)13(14,15)16/h2-3,6-8H,4-5H2,1H3,(H,17,20). The summed E-state index contributed by atoms with van der Waals surface area (Å²) in [6.07, 6.45) is -4.42. The van der Waals surface area contributed by atoms with E-state index in [0.29, 0.717) is 13.1 Å². The second-order valence-electron chi connectivity index (χ2n) is 4.55. The normalized spacial score (nSPS) is 19.7. The van der Waals surface area contributed by atoms with E-state index in [-0.39, 0.29) is 17.9 Å². The molecule has 1 aliphatic rings. The van der Waals surface area contributed by atoms with E-state index in [1.54, 1.807) is 11.8 Å². The Labute approximate surface area is 113 Å². The lowest BCUT2D eigenvalue weighted by Gasteiger charge is -2.35. The van der Waals surface area contributed by atoms with Crippen molar-refractivity contribution in [3.8, 4) is 0 Å². The fraction of sp³-hybridized carbons (Fsp3) is 0.385. The third-order valence-corrected chi connectivity index (χ3v) is 3.30. The lowest BCUT2D eigenvalue weighted by Crippen LogP contribution is -2.54. The Morgan fingerprint density at radius 1 is 1.40 bits per heavy atom. The van der Waals surface area contributed by atoms with E-state index in [2.05, 4.69) is 5.32 Å². The zero-order valence-electron chi connectivity index (χ0n) is 10.7. The van der Waals surface area contributed by atoms with Gasteiger partial charge in [-0.1, -0.05) is 0 Å². The highest BCUT2D eigenvalue weighted by atomic mass is 19.4. The highest BCUT2D eigenvalue weighted by Gasteiger charge is 2.35. The topological polar surface area (TPSA) is 49.4 Å². The molecule has 1 N–H and O–H groups in total. The molecule has 0 bridgehead atoms. The molecule has 0 aromatic heterocycles. The number of nitrogens with one attached hydrogen (secondary N) is 1. The lowest BCUT2D eigenvalue weighted by atomic mass is 10.0. The van der Waals surface area contributed by atoms with E-state index in [1.807, 2.05) is 0 Å². The SMILES string of the molecule is CC1C(=O)NCCN1c1ccc(C=O)c(C(F)(F)F)c1. The molecule has 4 nitrogen and oxygen atoms in total. The van der Waals surface area contributed by atoms with E-state index < -0.39 is 23.3 Å². The molecule has 0 spiro atoms. The first-order valence-corrected chi connectivity index (χ1v) is 6.05.